The summed E-state index contributed by atoms with van der Waals surface area (Å²) in [6.07, 6.45) is -6.07. The quantitative estimate of drug-likeness (QED) is 0.738. The van der Waals surface area contributed by atoms with Crippen LogP contribution in [-0.2, 0) is 0 Å². The minimum Gasteiger partial charge on any atom is -0.507 e. The third kappa shape index (κ3) is 3.32. The Bertz CT molecular complexity index is 928. The zero-order chi connectivity index (χ0) is 20.0. The summed E-state index contributed by atoms with van der Waals surface area (Å²) in [5.41, 5.74) is -3.33. The van der Waals surface area contributed by atoms with Gasteiger partial charge in [-0.05, 0) is 36.2 Å². The van der Waals surface area contributed by atoms with Crippen molar-refractivity contribution in [3.05, 3.63) is 63.6 Å². The summed E-state index contributed by atoms with van der Waals surface area (Å²) in [5.74, 6) is -1.71. The summed E-state index contributed by atoms with van der Waals surface area (Å²) in [5, 5.41) is 24.1. The zero-order valence-electron chi connectivity index (χ0n) is 14.0. The molecule has 0 bridgehead atoms. The molecule has 1 atom stereocenters. The minimum absolute atomic E-state index is 0.00112. The number of alkyl halides is 3. The number of carbonyl (C=O) groups excluding carboxylic acids is 1. The highest BCUT2D eigenvalue weighted by molar-refractivity contribution is 9.10. The maximum absolute atomic E-state index is 13.6. The van der Waals surface area contributed by atoms with Crippen molar-refractivity contribution in [3.8, 4) is 5.75 Å². The first-order valence-electron chi connectivity index (χ1n) is 7.80. The van der Waals surface area contributed by atoms with E-state index < -0.39 is 30.0 Å². The molecule has 2 N–H and O–H groups in total. The molecule has 0 fully saturated rings. The van der Waals surface area contributed by atoms with Crippen molar-refractivity contribution < 1.29 is 28.2 Å². The molecule has 2 aromatic carbocycles. The number of halogens is 4. The molecule has 0 aliphatic carbocycles. The molecule has 1 aliphatic heterocycles. The Morgan fingerprint density at radius 3 is 2.44 bits per heavy atom. The van der Waals surface area contributed by atoms with Crippen LogP contribution in [0.2, 0.25) is 0 Å². The first-order valence-corrected chi connectivity index (χ1v) is 8.59. The van der Waals surface area contributed by atoms with E-state index in [1.807, 2.05) is 0 Å². The lowest BCUT2D eigenvalue weighted by atomic mass is 10.0. The van der Waals surface area contributed by atoms with Crippen molar-refractivity contribution in [2.75, 3.05) is 0 Å². The number of phenolic OH excluding ortho intramolecular Hbond substituents is 1. The SMILES string of the molecule is Cc1cccc(C(=O)N2N=C(c3ccc(Br)cc3)C[C@@]2(O)C(F)(F)F)c1O. The molecular weight excluding hydrogens is 429 g/mol. The first-order chi connectivity index (χ1) is 12.5. The van der Waals surface area contributed by atoms with E-state index >= 15 is 0 Å². The Labute approximate surface area is 160 Å². The third-order valence-electron chi connectivity index (χ3n) is 4.28. The second kappa shape index (κ2) is 6.65. The van der Waals surface area contributed by atoms with Gasteiger partial charge in [0, 0.05) is 4.47 Å². The third-order valence-corrected chi connectivity index (χ3v) is 4.81. The van der Waals surface area contributed by atoms with E-state index in [0.29, 0.717) is 15.6 Å². The molecule has 0 saturated carbocycles. The molecule has 142 valence electrons. The number of nitrogens with zero attached hydrogens (tertiary/aromatic N) is 2. The summed E-state index contributed by atoms with van der Waals surface area (Å²) >= 11 is 3.23. The monoisotopic (exact) mass is 442 g/mol. The van der Waals surface area contributed by atoms with Crippen LogP contribution < -0.4 is 0 Å². The van der Waals surface area contributed by atoms with Gasteiger partial charge in [0.25, 0.3) is 11.6 Å². The van der Waals surface area contributed by atoms with Gasteiger partial charge >= 0.3 is 6.18 Å². The van der Waals surface area contributed by atoms with Gasteiger partial charge < -0.3 is 10.2 Å². The fraction of sp³-hybridized carbons (Fsp3) is 0.222. The Balaban J connectivity index is 2.09. The van der Waals surface area contributed by atoms with Crippen molar-refractivity contribution in [1.29, 1.82) is 0 Å². The number of hydrazone groups is 1. The van der Waals surface area contributed by atoms with Gasteiger partial charge in [-0.15, -0.1) is 0 Å². The van der Waals surface area contributed by atoms with E-state index in [9.17, 15) is 28.2 Å². The Kier molecular flexibility index (Phi) is 4.77. The van der Waals surface area contributed by atoms with Crippen molar-refractivity contribution in [2.45, 2.75) is 25.2 Å². The van der Waals surface area contributed by atoms with Crippen molar-refractivity contribution in [2.24, 2.45) is 5.10 Å². The molecular formula is C18H14BrF3N2O3. The lowest BCUT2D eigenvalue weighted by Crippen LogP contribution is -2.56. The molecule has 3 rings (SSSR count). The predicted octanol–water partition coefficient (Wildman–Crippen LogP) is 3.96. The molecule has 27 heavy (non-hydrogen) atoms. The molecule has 2 aromatic rings. The van der Waals surface area contributed by atoms with E-state index in [2.05, 4.69) is 21.0 Å². The Morgan fingerprint density at radius 1 is 1.22 bits per heavy atom. The van der Waals surface area contributed by atoms with Crippen LogP contribution in [0.3, 0.4) is 0 Å². The van der Waals surface area contributed by atoms with E-state index in [1.54, 1.807) is 12.1 Å². The second-order valence-corrected chi connectivity index (χ2v) is 7.05. The average molecular weight is 443 g/mol. The smallest absolute Gasteiger partial charge is 0.438 e. The molecule has 9 heteroatoms. The highest BCUT2D eigenvalue weighted by Crippen LogP contribution is 2.42. The van der Waals surface area contributed by atoms with Crippen LogP contribution in [0.15, 0.2) is 52.0 Å². The van der Waals surface area contributed by atoms with Crippen LogP contribution in [0.1, 0.15) is 27.9 Å². The van der Waals surface area contributed by atoms with Gasteiger partial charge in [0.2, 0.25) is 0 Å². The molecule has 1 heterocycles. The van der Waals surface area contributed by atoms with Crippen LogP contribution >= 0.6 is 15.9 Å². The summed E-state index contributed by atoms with van der Waals surface area (Å²) in [6, 6.07) is 10.4. The van der Waals surface area contributed by atoms with E-state index in [-0.39, 0.29) is 16.3 Å². The van der Waals surface area contributed by atoms with Crippen LogP contribution in [-0.4, -0.2) is 38.7 Å². The Hall–Kier alpha value is -2.39. The first kappa shape index (κ1) is 19.4. The van der Waals surface area contributed by atoms with Crippen LogP contribution in [0, 0.1) is 6.92 Å². The number of hydrogen-bond acceptors (Lipinski definition) is 4. The molecule has 1 amide bonds. The number of aromatic hydroxyl groups is 1. The van der Waals surface area contributed by atoms with Crippen LogP contribution in [0.4, 0.5) is 13.2 Å². The van der Waals surface area contributed by atoms with Gasteiger partial charge in [-0.3, -0.25) is 4.79 Å². The maximum Gasteiger partial charge on any atom is 0.438 e. The zero-order valence-corrected chi connectivity index (χ0v) is 15.5. The summed E-state index contributed by atoms with van der Waals surface area (Å²) in [6.45, 7) is 1.50. The average Bonchev–Trinajstić information content (AvgIpc) is 2.96. The van der Waals surface area contributed by atoms with E-state index in [4.69, 9.17) is 0 Å². The topological polar surface area (TPSA) is 73.1 Å². The van der Waals surface area contributed by atoms with Gasteiger partial charge in [0.05, 0.1) is 17.7 Å². The number of phenols is 1. The van der Waals surface area contributed by atoms with Crippen molar-refractivity contribution >= 4 is 27.5 Å². The van der Waals surface area contributed by atoms with E-state index in [1.165, 1.54) is 37.3 Å². The number of carbonyl (C=O) groups is 1. The highest BCUT2D eigenvalue weighted by Gasteiger charge is 2.63. The molecule has 0 radical (unpaired) electrons. The highest BCUT2D eigenvalue weighted by atomic mass is 79.9. The number of aliphatic hydroxyl groups is 1. The lowest BCUT2D eigenvalue weighted by molar-refractivity contribution is -0.297. The molecule has 5 nitrogen and oxygen atoms in total. The summed E-state index contributed by atoms with van der Waals surface area (Å²) in [7, 11) is 0. The Morgan fingerprint density at radius 2 is 1.85 bits per heavy atom. The molecule has 0 unspecified atom stereocenters. The van der Waals surface area contributed by atoms with Gasteiger partial charge in [0.1, 0.15) is 5.75 Å². The molecule has 1 aliphatic rings. The van der Waals surface area contributed by atoms with Gasteiger partial charge in [0.15, 0.2) is 0 Å². The summed E-state index contributed by atoms with van der Waals surface area (Å²) in [4.78, 5) is 12.7. The van der Waals surface area contributed by atoms with Gasteiger partial charge in [-0.2, -0.15) is 23.3 Å². The van der Waals surface area contributed by atoms with E-state index in [0.717, 1.165) is 0 Å². The van der Waals surface area contributed by atoms with Crippen molar-refractivity contribution in [1.82, 2.24) is 5.01 Å². The second-order valence-electron chi connectivity index (χ2n) is 6.13. The molecule has 0 saturated heterocycles. The number of aryl methyl sites for hydroxylation is 1. The number of para-hydroxylation sites is 1. The predicted molar refractivity (Wildman–Crippen MR) is 95.3 cm³/mol. The van der Waals surface area contributed by atoms with Gasteiger partial charge in [-0.25, -0.2) is 0 Å². The maximum atomic E-state index is 13.6. The number of hydrogen-bond donors (Lipinski definition) is 2. The summed E-state index contributed by atoms with van der Waals surface area (Å²) < 4.78 is 41.6. The molecule has 0 aromatic heterocycles. The number of amides is 1. The number of rotatable bonds is 2. The molecule has 0 spiro atoms. The standard InChI is InChI=1S/C18H14BrF3N2O3/c1-10-3-2-4-13(15(10)25)16(26)24-17(27,18(20,21)22)9-14(23-24)11-5-7-12(19)8-6-11/h2-8,25,27H,9H2,1H3/t17-/m1/s1. The van der Waals surface area contributed by atoms with Crippen LogP contribution in [0.5, 0.6) is 5.75 Å². The minimum atomic E-state index is -5.15. The lowest BCUT2D eigenvalue weighted by Gasteiger charge is -2.32. The largest absolute Gasteiger partial charge is 0.507 e. The fourth-order valence-corrected chi connectivity index (χ4v) is 2.99. The number of benzene rings is 2. The van der Waals surface area contributed by atoms with Crippen LogP contribution in [0.25, 0.3) is 0 Å². The van der Waals surface area contributed by atoms with Crippen molar-refractivity contribution in [3.63, 3.8) is 0 Å². The fourth-order valence-electron chi connectivity index (χ4n) is 2.73. The van der Waals surface area contributed by atoms with Gasteiger partial charge in [-0.1, -0.05) is 40.2 Å². The normalized spacial score (nSPS) is 19.9.